The Morgan fingerprint density at radius 2 is 1.96 bits per heavy atom. The zero-order chi connectivity index (χ0) is 18.5. The van der Waals surface area contributed by atoms with Crippen LogP contribution < -0.4 is 10.1 Å². The molecule has 0 aliphatic heterocycles. The first-order valence-electron chi connectivity index (χ1n) is 8.10. The maximum atomic E-state index is 12.2. The van der Waals surface area contributed by atoms with Gasteiger partial charge < -0.3 is 14.6 Å². The summed E-state index contributed by atoms with van der Waals surface area (Å²) in [6, 6.07) is 15.4. The van der Waals surface area contributed by atoms with Gasteiger partial charge in [0.05, 0.1) is 12.9 Å². The van der Waals surface area contributed by atoms with E-state index in [0.29, 0.717) is 16.6 Å². The van der Waals surface area contributed by atoms with Gasteiger partial charge in [-0.15, -0.1) is 10.2 Å². The summed E-state index contributed by atoms with van der Waals surface area (Å²) >= 11 is 1.35. The van der Waals surface area contributed by atoms with Gasteiger partial charge >= 0.3 is 0 Å². The van der Waals surface area contributed by atoms with E-state index in [1.165, 1.54) is 17.3 Å². The van der Waals surface area contributed by atoms with E-state index in [1.807, 2.05) is 61.0 Å². The third-order valence-electron chi connectivity index (χ3n) is 3.83. The molecule has 0 radical (unpaired) electrons. The predicted molar refractivity (Wildman–Crippen MR) is 104 cm³/mol. The highest BCUT2D eigenvalue weighted by atomic mass is 32.2. The molecule has 1 N–H and O–H groups in total. The summed E-state index contributed by atoms with van der Waals surface area (Å²) in [5, 5.41) is 12.0. The van der Waals surface area contributed by atoms with Crippen molar-refractivity contribution in [3.8, 4) is 17.1 Å². The molecule has 0 spiro atoms. The molecule has 1 heterocycles. The van der Waals surface area contributed by atoms with Gasteiger partial charge in [-0.1, -0.05) is 47.7 Å². The lowest BCUT2D eigenvalue weighted by atomic mass is 10.1. The van der Waals surface area contributed by atoms with Gasteiger partial charge in [0.25, 0.3) is 0 Å². The molecule has 134 valence electrons. The van der Waals surface area contributed by atoms with E-state index in [1.54, 1.807) is 13.2 Å². The van der Waals surface area contributed by atoms with Crippen molar-refractivity contribution in [2.24, 2.45) is 7.05 Å². The molecular weight excluding hydrogens is 348 g/mol. The number of carbonyl (C=O) groups excluding carboxylic acids is 1. The first kappa shape index (κ1) is 18.0. The summed E-state index contributed by atoms with van der Waals surface area (Å²) in [5.74, 6) is 1.62. The van der Waals surface area contributed by atoms with Crippen LogP contribution in [0, 0.1) is 6.92 Å². The average Bonchev–Trinajstić information content (AvgIpc) is 3.01. The minimum Gasteiger partial charge on any atom is -0.497 e. The van der Waals surface area contributed by atoms with Crippen molar-refractivity contribution >= 4 is 23.4 Å². The van der Waals surface area contributed by atoms with Crippen molar-refractivity contribution in [3.63, 3.8) is 0 Å². The van der Waals surface area contributed by atoms with E-state index in [9.17, 15) is 4.79 Å². The molecule has 0 saturated carbocycles. The maximum Gasteiger partial charge on any atom is 0.234 e. The SMILES string of the molecule is COc1cccc(NC(=O)CSc2nnc(-c3ccc(C)cc3)n2C)c1. The topological polar surface area (TPSA) is 69.0 Å². The third kappa shape index (κ3) is 4.23. The Bertz CT molecular complexity index is 906. The summed E-state index contributed by atoms with van der Waals surface area (Å²) in [5.41, 5.74) is 2.89. The van der Waals surface area contributed by atoms with E-state index < -0.39 is 0 Å². The number of amides is 1. The molecule has 1 amide bonds. The Balaban J connectivity index is 1.62. The van der Waals surface area contributed by atoms with Gasteiger partial charge in [-0.25, -0.2) is 0 Å². The summed E-state index contributed by atoms with van der Waals surface area (Å²) in [7, 11) is 3.49. The van der Waals surface area contributed by atoms with Crippen molar-refractivity contribution in [2.45, 2.75) is 12.1 Å². The first-order valence-corrected chi connectivity index (χ1v) is 9.08. The number of ether oxygens (including phenoxy) is 1. The molecule has 0 unspecified atom stereocenters. The van der Waals surface area contributed by atoms with Gasteiger partial charge in [-0.2, -0.15) is 0 Å². The van der Waals surface area contributed by atoms with Crippen molar-refractivity contribution in [1.29, 1.82) is 0 Å². The van der Waals surface area contributed by atoms with Gasteiger partial charge in [0.2, 0.25) is 5.91 Å². The molecule has 3 aromatic rings. The van der Waals surface area contributed by atoms with Crippen LogP contribution in [0.15, 0.2) is 53.7 Å². The first-order chi connectivity index (χ1) is 12.6. The number of carbonyl (C=O) groups is 1. The van der Waals surface area contributed by atoms with E-state index in [4.69, 9.17) is 4.74 Å². The van der Waals surface area contributed by atoms with E-state index in [2.05, 4.69) is 15.5 Å². The van der Waals surface area contributed by atoms with Crippen LogP contribution in [-0.2, 0) is 11.8 Å². The van der Waals surface area contributed by atoms with Crippen LogP contribution in [0.25, 0.3) is 11.4 Å². The number of hydrogen-bond acceptors (Lipinski definition) is 5. The molecule has 0 saturated heterocycles. The highest BCUT2D eigenvalue weighted by molar-refractivity contribution is 7.99. The molecule has 2 aromatic carbocycles. The normalized spacial score (nSPS) is 10.6. The quantitative estimate of drug-likeness (QED) is 0.674. The molecule has 0 aliphatic carbocycles. The molecular formula is C19H20N4O2S. The van der Waals surface area contributed by atoms with E-state index >= 15 is 0 Å². The molecule has 26 heavy (non-hydrogen) atoms. The molecule has 1 aromatic heterocycles. The standard InChI is InChI=1S/C19H20N4O2S/c1-13-7-9-14(10-8-13)18-21-22-19(23(18)2)26-12-17(24)20-15-5-4-6-16(11-15)25-3/h4-11H,12H2,1-3H3,(H,20,24). The molecule has 0 aliphatic rings. The summed E-state index contributed by atoms with van der Waals surface area (Å²) in [6.45, 7) is 2.04. The summed E-state index contributed by atoms with van der Waals surface area (Å²) in [4.78, 5) is 12.2. The Kier molecular flexibility index (Phi) is 5.58. The Morgan fingerprint density at radius 3 is 2.69 bits per heavy atom. The van der Waals surface area contributed by atoms with E-state index in [-0.39, 0.29) is 11.7 Å². The number of benzene rings is 2. The lowest BCUT2D eigenvalue weighted by molar-refractivity contribution is -0.113. The lowest BCUT2D eigenvalue weighted by Crippen LogP contribution is -2.14. The number of aryl methyl sites for hydroxylation is 1. The second kappa shape index (κ2) is 8.05. The Morgan fingerprint density at radius 1 is 1.19 bits per heavy atom. The molecule has 0 fully saturated rings. The van der Waals surface area contributed by atoms with Crippen molar-refractivity contribution in [3.05, 3.63) is 54.1 Å². The molecule has 0 bridgehead atoms. The Labute approximate surface area is 156 Å². The predicted octanol–water partition coefficient (Wildman–Crippen LogP) is 3.53. The Hall–Kier alpha value is -2.80. The van der Waals surface area contributed by atoms with Crippen LogP contribution in [0.5, 0.6) is 5.75 Å². The minimum atomic E-state index is -0.108. The fourth-order valence-electron chi connectivity index (χ4n) is 2.42. The number of aromatic nitrogens is 3. The number of nitrogens with zero attached hydrogens (tertiary/aromatic N) is 3. The lowest BCUT2D eigenvalue weighted by Gasteiger charge is -2.07. The van der Waals surface area contributed by atoms with Crippen LogP contribution in [0.1, 0.15) is 5.56 Å². The fourth-order valence-corrected chi connectivity index (χ4v) is 3.13. The molecule has 7 heteroatoms. The van der Waals surface area contributed by atoms with Crippen molar-refractivity contribution < 1.29 is 9.53 Å². The van der Waals surface area contributed by atoms with Crippen LogP contribution in [0.4, 0.5) is 5.69 Å². The van der Waals surface area contributed by atoms with Gasteiger partial charge in [-0.3, -0.25) is 4.79 Å². The summed E-state index contributed by atoms with van der Waals surface area (Å²) < 4.78 is 7.05. The molecule has 6 nitrogen and oxygen atoms in total. The second-order valence-corrected chi connectivity index (χ2v) is 6.74. The number of hydrogen-bond donors (Lipinski definition) is 1. The number of thioether (sulfide) groups is 1. The number of rotatable bonds is 6. The smallest absolute Gasteiger partial charge is 0.234 e. The van der Waals surface area contributed by atoms with Crippen molar-refractivity contribution in [2.75, 3.05) is 18.2 Å². The molecule has 0 atom stereocenters. The van der Waals surface area contributed by atoms with E-state index in [0.717, 1.165) is 11.4 Å². The van der Waals surface area contributed by atoms with Gasteiger partial charge in [0.15, 0.2) is 11.0 Å². The zero-order valence-electron chi connectivity index (χ0n) is 14.9. The zero-order valence-corrected chi connectivity index (χ0v) is 15.7. The summed E-state index contributed by atoms with van der Waals surface area (Å²) in [6.07, 6.45) is 0. The highest BCUT2D eigenvalue weighted by Crippen LogP contribution is 2.23. The number of anilines is 1. The third-order valence-corrected chi connectivity index (χ3v) is 4.85. The largest absolute Gasteiger partial charge is 0.497 e. The van der Waals surface area contributed by atoms with Crippen LogP contribution in [0.3, 0.4) is 0 Å². The van der Waals surface area contributed by atoms with Gasteiger partial charge in [0.1, 0.15) is 5.75 Å². The monoisotopic (exact) mass is 368 g/mol. The second-order valence-electron chi connectivity index (χ2n) is 5.80. The maximum absolute atomic E-state index is 12.2. The van der Waals surface area contributed by atoms with Crippen LogP contribution >= 0.6 is 11.8 Å². The van der Waals surface area contributed by atoms with Crippen LogP contribution in [0.2, 0.25) is 0 Å². The highest BCUT2D eigenvalue weighted by Gasteiger charge is 2.13. The number of methoxy groups -OCH3 is 1. The van der Waals surface area contributed by atoms with Crippen LogP contribution in [-0.4, -0.2) is 33.5 Å². The average molecular weight is 368 g/mol. The van der Waals surface area contributed by atoms with Crippen molar-refractivity contribution in [1.82, 2.24) is 14.8 Å². The van der Waals surface area contributed by atoms with Gasteiger partial charge in [-0.05, 0) is 19.1 Å². The minimum absolute atomic E-state index is 0.108. The molecule has 3 rings (SSSR count). The number of nitrogens with one attached hydrogen (secondary N) is 1. The van der Waals surface area contributed by atoms with Gasteiger partial charge in [0, 0.05) is 24.4 Å². The fraction of sp³-hybridized carbons (Fsp3) is 0.211.